The largest absolute Gasteiger partial charge is 0.458 e. The second-order valence-corrected chi connectivity index (χ2v) is 19.3. The number of nitrogens with two attached hydrogens (primary N) is 1. The number of hydrogen-bond donors (Lipinski definition) is 7. The highest BCUT2D eigenvalue weighted by molar-refractivity contribution is 6.13. The highest BCUT2D eigenvalue weighted by Gasteiger charge is 2.46. The standard InChI is InChI=1S/C53H69N9O17/c1-4-53(72)36-24-39-48-34(28-62(39)51(70)35(36)29-77-52(53)71)33(32-23-40-41(79-30-78-40)25-38(32)58-48)26-56-44(65)27-57-49(68)37(7-5-6-12-54)59-50(69)47(31(2)3)60-43(64)11-15-73-17-19-75-21-22-76-20-18-74-16-13-55-42(63)10-14-61-45(66)8-9-46(61)67/h8-9,23-25,31,37,47,72H,4-7,10-22,26-30,54H2,1-3H3,(H,55,63)(H,56,65)(H,57,68)(H,59,69)(H,60,64)/t37?,47?,53-/m0/s1. The summed E-state index contributed by atoms with van der Waals surface area (Å²) in [4.78, 5) is 122. The molecule has 26 heteroatoms. The van der Waals surface area contributed by atoms with Gasteiger partial charge in [-0.1, -0.05) is 20.8 Å². The lowest BCUT2D eigenvalue weighted by Gasteiger charge is -2.31. The van der Waals surface area contributed by atoms with E-state index < -0.39 is 71.2 Å². The van der Waals surface area contributed by atoms with E-state index in [1.54, 1.807) is 39.0 Å². The summed E-state index contributed by atoms with van der Waals surface area (Å²) < 4.78 is 39.9. The van der Waals surface area contributed by atoms with Crippen molar-refractivity contribution in [2.45, 2.75) is 96.7 Å². The molecule has 6 heterocycles. The zero-order valence-corrected chi connectivity index (χ0v) is 44.6. The third-order valence-electron chi connectivity index (χ3n) is 13.7. The lowest BCUT2D eigenvalue weighted by Crippen LogP contribution is -2.56. The summed E-state index contributed by atoms with van der Waals surface area (Å²) >= 11 is 0. The van der Waals surface area contributed by atoms with Crippen LogP contribution in [0, 0.1) is 5.92 Å². The number of pyridine rings is 2. The van der Waals surface area contributed by atoms with Crippen LogP contribution in [-0.4, -0.2) is 165 Å². The van der Waals surface area contributed by atoms with E-state index >= 15 is 0 Å². The number of rotatable bonds is 32. The molecule has 0 fully saturated rings. The Morgan fingerprint density at radius 3 is 2.11 bits per heavy atom. The SMILES string of the molecule is CC[C@@]1(O)C(=O)OCc2c1cc1n(c2=O)Cc2c-1nc1cc3c(cc1c2CNC(=O)CNC(=O)C(CCCCN)NC(=O)C(NC(=O)CCOCCOCCOCCOCCNC(=O)CCN1C(=O)C=CC1=O)C(C)C)OCO3. The minimum absolute atomic E-state index is 0.000609. The van der Waals surface area contributed by atoms with Gasteiger partial charge in [0.2, 0.25) is 36.3 Å². The average Bonchev–Trinajstić information content (AvgIpc) is 4.17. The molecule has 0 radical (unpaired) electrons. The van der Waals surface area contributed by atoms with Crippen molar-refractivity contribution >= 4 is 58.2 Å². The van der Waals surface area contributed by atoms with E-state index in [9.17, 15) is 48.3 Å². The van der Waals surface area contributed by atoms with E-state index in [2.05, 4.69) is 26.6 Å². The van der Waals surface area contributed by atoms with Gasteiger partial charge in [0.15, 0.2) is 17.1 Å². The Labute approximate surface area is 454 Å². The molecular weight excluding hydrogens is 1030 g/mol. The molecule has 0 spiro atoms. The number of nitrogens with one attached hydrogen (secondary N) is 5. The van der Waals surface area contributed by atoms with Gasteiger partial charge in [-0.25, -0.2) is 9.78 Å². The zero-order valence-electron chi connectivity index (χ0n) is 44.6. The first-order valence-electron chi connectivity index (χ1n) is 26.4. The summed E-state index contributed by atoms with van der Waals surface area (Å²) in [5.74, 6) is -3.70. The Balaban J connectivity index is 0.824. The molecule has 26 nitrogen and oxygen atoms in total. The minimum atomic E-state index is -2.03. The molecule has 3 aromatic rings. The molecule has 0 aliphatic carbocycles. The van der Waals surface area contributed by atoms with Crippen LogP contribution in [0.1, 0.15) is 81.5 Å². The van der Waals surface area contributed by atoms with Crippen LogP contribution in [0.25, 0.3) is 22.3 Å². The minimum Gasteiger partial charge on any atom is -0.458 e. The van der Waals surface area contributed by atoms with E-state index in [1.807, 2.05) is 0 Å². The van der Waals surface area contributed by atoms with E-state index in [0.717, 1.165) is 4.90 Å². The van der Waals surface area contributed by atoms with Gasteiger partial charge in [0, 0.05) is 67.2 Å². The molecule has 79 heavy (non-hydrogen) atoms. The predicted octanol–water partition coefficient (Wildman–Crippen LogP) is -0.817. The maximum absolute atomic E-state index is 14.0. The first kappa shape index (κ1) is 59.3. The molecule has 1 aromatic carbocycles. The summed E-state index contributed by atoms with van der Waals surface area (Å²) in [6.45, 7) is 6.94. The van der Waals surface area contributed by atoms with Crippen molar-refractivity contribution in [2.75, 3.05) is 85.8 Å². The molecule has 8 N–H and O–H groups in total. The molecule has 4 aliphatic rings. The van der Waals surface area contributed by atoms with Crippen molar-refractivity contribution in [1.29, 1.82) is 0 Å². The molecular formula is C53H69N9O17. The number of carbonyl (C=O) groups excluding carboxylic acids is 8. The number of nitrogens with zero attached hydrogens (tertiary/aromatic N) is 3. The second-order valence-electron chi connectivity index (χ2n) is 19.3. The fourth-order valence-corrected chi connectivity index (χ4v) is 9.24. The number of unbranched alkanes of at least 4 members (excludes halogenated alkanes) is 1. The number of aliphatic hydroxyl groups is 1. The van der Waals surface area contributed by atoms with Crippen molar-refractivity contribution in [1.82, 2.24) is 41.0 Å². The normalized spacial score (nSPS) is 16.6. The van der Waals surface area contributed by atoms with Crippen LogP contribution in [0.2, 0.25) is 0 Å². The lowest BCUT2D eigenvalue weighted by atomic mass is 9.86. The number of aromatic nitrogens is 2. The van der Waals surface area contributed by atoms with Gasteiger partial charge >= 0.3 is 5.97 Å². The maximum Gasteiger partial charge on any atom is 0.343 e. The van der Waals surface area contributed by atoms with Crippen molar-refractivity contribution in [3.63, 3.8) is 0 Å². The van der Waals surface area contributed by atoms with Gasteiger partial charge in [-0.3, -0.25) is 43.3 Å². The second kappa shape index (κ2) is 28.0. The molecule has 2 unspecified atom stereocenters. The van der Waals surface area contributed by atoms with Gasteiger partial charge in [-0.05, 0) is 55.8 Å². The Bertz CT molecular complexity index is 2850. The number of ether oxygens (including phenoxy) is 7. The van der Waals surface area contributed by atoms with Gasteiger partial charge in [0.1, 0.15) is 18.7 Å². The number of esters is 1. The summed E-state index contributed by atoms with van der Waals surface area (Å²) in [6, 6.07) is 2.97. The lowest BCUT2D eigenvalue weighted by molar-refractivity contribution is -0.172. The van der Waals surface area contributed by atoms with Crippen LogP contribution < -0.4 is 47.4 Å². The van der Waals surface area contributed by atoms with E-state index in [4.69, 9.17) is 43.9 Å². The number of fused-ring (bicyclic) bond motifs is 6. The zero-order chi connectivity index (χ0) is 56.6. The molecule has 7 rings (SSSR count). The number of carbonyl (C=O) groups is 8. The Morgan fingerprint density at radius 1 is 0.772 bits per heavy atom. The van der Waals surface area contributed by atoms with Crippen LogP contribution in [-0.2, 0) is 87.3 Å². The average molecular weight is 1100 g/mol. The Morgan fingerprint density at radius 2 is 1.44 bits per heavy atom. The van der Waals surface area contributed by atoms with Crippen molar-refractivity contribution in [2.24, 2.45) is 11.7 Å². The van der Waals surface area contributed by atoms with Gasteiger partial charge in [-0.15, -0.1) is 0 Å². The monoisotopic (exact) mass is 1100 g/mol. The number of imide groups is 1. The predicted molar refractivity (Wildman–Crippen MR) is 278 cm³/mol. The van der Waals surface area contributed by atoms with Gasteiger partial charge in [0.25, 0.3) is 17.4 Å². The summed E-state index contributed by atoms with van der Waals surface area (Å²) in [5, 5.41) is 25.6. The van der Waals surface area contributed by atoms with Crippen LogP contribution in [0.15, 0.2) is 35.1 Å². The van der Waals surface area contributed by atoms with E-state index in [-0.39, 0.29) is 115 Å². The summed E-state index contributed by atoms with van der Waals surface area (Å²) in [5.41, 5.74) is 6.04. The molecule has 4 aliphatic heterocycles. The van der Waals surface area contributed by atoms with Gasteiger partial charge in [-0.2, -0.15) is 0 Å². The quantitative estimate of drug-likeness (QED) is 0.0178. The number of cyclic esters (lactones) is 1. The smallest absolute Gasteiger partial charge is 0.343 e. The van der Waals surface area contributed by atoms with Gasteiger partial charge in [0.05, 0.1) is 88.4 Å². The van der Waals surface area contributed by atoms with E-state index in [0.29, 0.717) is 90.7 Å². The summed E-state index contributed by atoms with van der Waals surface area (Å²) in [6.07, 6.45) is 3.51. The third kappa shape index (κ3) is 14.9. The topological polar surface area (TPSA) is 346 Å². The molecule has 428 valence electrons. The highest BCUT2D eigenvalue weighted by atomic mass is 16.7. The Hall–Kier alpha value is -7.36. The molecule has 0 saturated heterocycles. The Kier molecular flexibility index (Phi) is 21.0. The third-order valence-corrected chi connectivity index (χ3v) is 13.7. The fourth-order valence-electron chi connectivity index (χ4n) is 9.24. The van der Waals surface area contributed by atoms with Gasteiger partial charge < -0.3 is 75.1 Å². The van der Waals surface area contributed by atoms with Crippen LogP contribution >= 0.6 is 0 Å². The van der Waals surface area contributed by atoms with Crippen LogP contribution in [0.3, 0.4) is 0 Å². The fraction of sp³-hybridized carbons (Fsp3) is 0.547. The number of benzene rings is 1. The van der Waals surface area contributed by atoms with Crippen molar-refractivity contribution in [3.05, 3.63) is 63.0 Å². The number of hydrogen-bond acceptors (Lipinski definition) is 19. The maximum atomic E-state index is 14.0. The highest BCUT2D eigenvalue weighted by Crippen LogP contribution is 2.43. The molecule has 2 aromatic heterocycles. The van der Waals surface area contributed by atoms with Crippen LogP contribution in [0.5, 0.6) is 11.5 Å². The first-order chi connectivity index (χ1) is 38.0. The van der Waals surface area contributed by atoms with E-state index in [1.165, 1.54) is 16.7 Å². The first-order valence-corrected chi connectivity index (χ1v) is 26.4. The molecule has 7 amide bonds. The van der Waals surface area contributed by atoms with Crippen molar-refractivity contribution in [3.8, 4) is 22.9 Å². The van der Waals surface area contributed by atoms with Crippen LogP contribution in [0.4, 0.5) is 0 Å². The molecule has 3 atom stereocenters. The molecule has 0 saturated carbocycles. The van der Waals surface area contributed by atoms with Crippen molar-refractivity contribution < 1.29 is 76.6 Å². The number of amides is 7. The molecule has 0 bridgehead atoms. The summed E-state index contributed by atoms with van der Waals surface area (Å²) in [7, 11) is 0.